The van der Waals surface area contributed by atoms with Crippen LogP contribution in [0.3, 0.4) is 0 Å². The summed E-state index contributed by atoms with van der Waals surface area (Å²) in [4.78, 5) is 4.65. The van der Waals surface area contributed by atoms with Crippen LogP contribution in [0.25, 0.3) is 0 Å². The molecule has 1 saturated heterocycles. The van der Waals surface area contributed by atoms with E-state index in [4.69, 9.17) is 0 Å². The SMILES string of the molecule is CC(C)C1CCSC(=NCc2ccccc2)N1. The molecule has 0 amide bonds. The topological polar surface area (TPSA) is 24.4 Å². The van der Waals surface area contributed by atoms with Gasteiger partial charge in [-0.05, 0) is 17.9 Å². The van der Waals surface area contributed by atoms with Crippen molar-refractivity contribution < 1.29 is 0 Å². The molecule has 92 valence electrons. The third-order valence-corrected chi connectivity index (χ3v) is 3.99. The Kier molecular flexibility index (Phi) is 4.49. The van der Waals surface area contributed by atoms with Crippen LogP contribution in [0.2, 0.25) is 0 Å². The molecule has 1 heterocycles. The van der Waals surface area contributed by atoms with Gasteiger partial charge in [-0.1, -0.05) is 55.9 Å². The van der Waals surface area contributed by atoms with E-state index in [1.165, 1.54) is 17.7 Å². The molecule has 3 heteroatoms. The monoisotopic (exact) mass is 248 g/mol. The Hall–Kier alpha value is -0.960. The third-order valence-electron chi connectivity index (χ3n) is 3.03. The lowest BCUT2D eigenvalue weighted by atomic mass is 10.0. The predicted octanol–water partition coefficient (Wildman–Crippen LogP) is 3.29. The molecule has 0 spiro atoms. The predicted molar refractivity (Wildman–Crippen MR) is 76.4 cm³/mol. The minimum atomic E-state index is 0.589. The van der Waals surface area contributed by atoms with E-state index in [-0.39, 0.29) is 0 Å². The second-order valence-corrected chi connectivity index (χ2v) is 5.82. The number of rotatable bonds is 3. The van der Waals surface area contributed by atoms with Gasteiger partial charge in [0.1, 0.15) is 0 Å². The summed E-state index contributed by atoms with van der Waals surface area (Å²) in [6, 6.07) is 11.0. The third kappa shape index (κ3) is 3.77. The second kappa shape index (κ2) is 6.10. The van der Waals surface area contributed by atoms with Gasteiger partial charge in [0.15, 0.2) is 5.17 Å². The van der Waals surface area contributed by atoms with Crippen molar-refractivity contribution in [2.75, 3.05) is 5.75 Å². The molecule has 0 bridgehead atoms. The van der Waals surface area contributed by atoms with E-state index >= 15 is 0 Å². The van der Waals surface area contributed by atoms with Crippen molar-refractivity contribution in [1.29, 1.82) is 0 Å². The lowest BCUT2D eigenvalue weighted by Crippen LogP contribution is -2.41. The highest BCUT2D eigenvalue weighted by molar-refractivity contribution is 8.13. The van der Waals surface area contributed by atoms with Crippen molar-refractivity contribution in [3.63, 3.8) is 0 Å². The Morgan fingerprint density at radius 2 is 2.12 bits per heavy atom. The highest BCUT2D eigenvalue weighted by atomic mass is 32.2. The lowest BCUT2D eigenvalue weighted by molar-refractivity contribution is 0.442. The zero-order chi connectivity index (χ0) is 12.1. The Labute approximate surface area is 108 Å². The molecule has 2 nitrogen and oxygen atoms in total. The zero-order valence-electron chi connectivity index (χ0n) is 10.5. The molecular weight excluding hydrogens is 228 g/mol. The van der Waals surface area contributed by atoms with Gasteiger partial charge in [0.25, 0.3) is 0 Å². The molecule has 1 aromatic carbocycles. The van der Waals surface area contributed by atoms with E-state index in [1.54, 1.807) is 0 Å². The maximum atomic E-state index is 4.65. The summed E-state index contributed by atoms with van der Waals surface area (Å²) >= 11 is 1.84. The quantitative estimate of drug-likeness (QED) is 0.887. The maximum absolute atomic E-state index is 4.65. The molecule has 0 aromatic heterocycles. The van der Waals surface area contributed by atoms with Gasteiger partial charge in [-0.15, -0.1) is 0 Å². The average molecular weight is 248 g/mol. The average Bonchev–Trinajstić information content (AvgIpc) is 2.38. The molecular formula is C14H20N2S. The summed E-state index contributed by atoms with van der Waals surface area (Å²) in [6.07, 6.45) is 1.24. The molecule has 1 unspecified atom stereocenters. The van der Waals surface area contributed by atoms with Gasteiger partial charge in [0.2, 0.25) is 0 Å². The number of hydrogen-bond acceptors (Lipinski definition) is 2. The number of amidine groups is 1. The van der Waals surface area contributed by atoms with Gasteiger partial charge in [0, 0.05) is 11.8 Å². The molecule has 0 saturated carbocycles. The molecule has 0 radical (unpaired) electrons. The van der Waals surface area contributed by atoms with Gasteiger partial charge >= 0.3 is 0 Å². The maximum Gasteiger partial charge on any atom is 0.157 e. The van der Waals surface area contributed by atoms with Crippen molar-refractivity contribution in [3.8, 4) is 0 Å². The number of benzene rings is 1. The molecule has 0 aliphatic carbocycles. The fraction of sp³-hybridized carbons (Fsp3) is 0.500. The lowest BCUT2D eigenvalue weighted by Gasteiger charge is -2.28. The minimum Gasteiger partial charge on any atom is -0.362 e. The summed E-state index contributed by atoms with van der Waals surface area (Å²) < 4.78 is 0. The van der Waals surface area contributed by atoms with Crippen LogP contribution in [0.15, 0.2) is 35.3 Å². The van der Waals surface area contributed by atoms with Gasteiger partial charge in [0.05, 0.1) is 6.54 Å². The highest BCUT2D eigenvalue weighted by Gasteiger charge is 2.19. The molecule has 1 N–H and O–H groups in total. The molecule has 1 atom stereocenters. The Bertz CT molecular complexity index is 373. The van der Waals surface area contributed by atoms with Crippen LogP contribution in [0.5, 0.6) is 0 Å². The Morgan fingerprint density at radius 1 is 1.35 bits per heavy atom. The van der Waals surface area contributed by atoms with Gasteiger partial charge < -0.3 is 5.32 Å². The van der Waals surface area contributed by atoms with E-state index in [9.17, 15) is 0 Å². The first kappa shape index (κ1) is 12.5. The Morgan fingerprint density at radius 3 is 2.82 bits per heavy atom. The van der Waals surface area contributed by atoms with Crippen LogP contribution in [0.4, 0.5) is 0 Å². The highest BCUT2D eigenvalue weighted by Crippen LogP contribution is 2.19. The zero-order valence-corrected chi connectivity index (χ0v) is 11.3. The van der Waals surface area contributed by atoms with E-state index in [0.717, 1.165) is 11.7 Å². The van der Waals surface area contributed by atoms with Crippen molar-refractivity contribution in [1.82, 2.24) is 5.32 Å². The molecule has 1 aromatic rings. The van der Waals surface area contributed by atoms with Gasteiger partial charge in [-0.25, -0.2) is 0 Å². The van der Waals surface area contributed by atoms with Crippen molar-refractivity contribution in [3.05, 3.63) is 35.9 Å². The van der Waals surface area contributed by atoms with Crippen LogP contribution in [-0.2, 0) is 6.54 Å². The number of aliphatic imine (C=N–C) groups is 1. The van der Waals surface area contributed by atoms with Crippen molar-refractivity contribution >= 4 is 16.9 Å². The van der Waals surface area contributed by atoms with E-state index < -0.39 is 0 Å². The molecule has 17 heavy (non-hydrogen) atoms. The Balaban J connectivity index is 1.93. The summed E-state index contributed by atoms with van der Waals surface area (Å²) in [5, 5.41) is 4.65. The smallest absolute Gasteiger partial charge is 0.157 e. The molecule has 1 fully saturated rings. The number of hydrogen-bond donors (Lipinski definition) is 1. The molecule has 2 rings (SSSR count). The van der Waals surface area contributed by atoms with Gasteiger partial charge in [-0.3, -0.25) is 4.99 Å². The first-order chi connectivity index (χ1) is 8.25. The standard InChI is InChI=1S/C14H20N2S/c1-11(2)13-8-9-17-14(16-13)15-10-12-6-4-3-5-7-12/h3-7,11,13H,8-10H2,1-2H3,(H,15,16). The number of nitrogens with one attached hydrogen (secondary N) is 1. The largest absolute Gasteiger partial charge is 0.362 e. The van der Waals surface area contributed by atoms with Crippen LogP contribution in [0.1, 0.15) is 25.8 Å². The van der Waals surface area contributed by atoms with E-state index in [0.29, 0.717) is 12.0 Å². The molecule has 1 aliphatic heterocycles. The van der Waals surface area contributed by atoms with Crippen molar-refractivity contribution in [2.24, 2.45) is 10.9 Å². The van der Waals surface area contributed by atoms with Crippen LogP contribution in [-0.4, -0.2) is 17.0 Å². The van der Waals surface area contributed by atoms with Crippen LogP contribution < -0.4 is 5.32 Å². The summed E-state index contributed by atoms with van der Waals surface area (Å²) in [5.41, 5.74) is 1.27. The normalized spacial score (nSPS) is 22.8. The summed E-state index contributed by atoms with van der Waals surface area (Å²) in [6.45, 7) is 5.31. The molecule has 1 aliphatic rings. The van der Waals surface area contributed by atoms with Crippen molar-refractivity contribution in [2.45, 2.75) is 32.9 Å². The first-order valence-electron chi connectivity index (χ1n) is 6.23. The summed E-state index contributed by atoms with van der Waals surface area (Å²) in [7, 11) is 0. The van der Waals surface area contributed by atoms with E-state index in [2.05, 4.69) is 48.4 Å². The van der Waals surface area contributed by atoms with E-state index in [1.807, 2.05) is 17.8 Å². The number of nitrogens with zero attached hydrogens (tertiary/aromatic N) is 1. The van der Waals surface area contributed by atoms with Crippen LogP contribution in [0, 0.1) is 5.92 Å². The fourth-order valence-electron chi connectivity index (χ4n) is 1.89. The first-order valence-corrected chi connectivity index (χ1v) is 7.22. The minimum absolute atomic E-state index is 0.589. The second-order valence-electron chi connectivity index (χ2n) is 4.74. The number of thioether (sulfide) groups is 1. The fourth-order valence-corrected chi connectivity index (χ4v) is 2.85. The van der Waals surface area contributed by atoms with Crippen LogP contribution >= 0.6 is 11.8 Å². The summed E-state index contributed by atoms with van der Waals surface area (Å²) in [5.74, 6) is 1.86. The van der Waals surface area contributed by atoms with Gasteiger partial charge in [-0.2, -0.15) is 0 Å².